The van der Waals surface area contributed by atoms with Gasteiger partial charge >= 0.3 is 0 Å². The van der Waals surface area contributed by atoms with E-state index in [-0.39, 0.29) is 29.5 Å². The van der Waals surface area contributed by atoms with Gasteiger partial charge in [0.05, 0.1) is 19.9 Å². The Kier molecular flexibility index (Phi) is 6.38. The van der Waals surface area contributed by atoms with E-state index in [0.29, 0.717) is 30.2 Å². The standard InChI is InChI=1S/C20H23N3O5S/c1-27-16-8-7-14(13-17(16)28-2)11-12-21-20(24)10-9-19-22-15-5-3-4-6-18(15)29(25,26)23-19/h3-8,13H,9-12H2,1-2H3,(H,21,24)(H,22,23). The largest absolute Gasteiger partial charge is 0.493 e. The molecule has 0 aliphatic carbocycles. The van der Waals surface area contributed by atoms with Crippen LogP contribution in [0.1, 0.15) is 18.4 Å². The Morgan fingerprint density at radius 3 is 2.59 bits per heavy atom. The van der Waals surface area contributed by atoms with E-state index in [1.165, 1.54) is 6.07 Å². The first kappa shape index (κ1) is 20.7. The third-order valence-corrected chi connectivity index (χ3v) is 5.82. The number of hydrogen-bond donors (Lipinski definition) is 2. The minimum Gasteiger partial charge on any atom is -0.493 e. The molecule has 0 aromatic heterocycles. The van der Waals surface area contributed by atoms with E-state index >= 15 is 0 Å². The zero-order chi connectivity index (χ0) is 20.9. The maximum atomic E-state index is 12.2. The van der Waals surface area contributed by atoms with Gasteiger partial charge in [-0.15, -0.1) is 4.40 Å². The molecule has 1 amide bonds. The Morgan fingerprint density at radius 2 is 1.83 bits per heavy atom. The number of ether oxygens (including phenoxy) is 2. The molecule has 2 aromatic carbocycles. The second-order valence-corrected chi connectivity index (χ2v) is 8.00. The van der Waals surface area contributed by atoms with Gasteiger partial charge < -0.3 is 20.1 Å². The van der Waals surface area contributed by atoms with Gasteiger partial charge in [-0.25, -0.2) is 0 Å². The number of fused-ring (bicyclic) bond motifs is 1. The molecule has 0 bridgehead atoms. The lowest BCUT2D eigenvalue weighted by Crippen LogP contribution is -2.28. The fourth-order valence-electron chi connectivity index (χ4n) is 2.98. The molecular weight excluding hydrogens is 394 g/mol. The lowest BCUT2D eigenvalue weighted by atomic mass is 10.1. The second kappa shape index (κ2) is 8.95. The molecule has 9 heteroatoms. The highest BCUT2D eigenvalue weighted by atomic mass is 32.2. The number of anilines is 1. The van der Waals surface area contributed by atoms with Crippen LogP contribution in [0.4, 0.5) is 5.69 Å². The Bertz CT molecular complexity index is 1030. The number of nitrogens with one attached hydrogen (secondary N) is 2. The minimum absolute atomic E-state index is 0.134. The summed E-state index contributed by atoms with van der Waals surface area (Å²) >= 11 is 0. The third-order valence-electron chi connectivity index (χ3n) is 4.45. The number of amidine groups is 1. The van der Waals surface area contributed by atoms with Gasteiger partial charge in [0.2, 0.25) is 5.91 Å². The highest BCUT2D eigenvalue weighted by Crippen LogP contribution is 2.28. The predicted molar refractivity (Wildman–Crippen MR) is 110 cm³/mol. The topological polar surface area (TPSA) is 106 Å². The summed E-state index contributed by atoms with van der Waals surface area (Å²) in [6.45, 7) is 0.454. The minimum atomic E-state index is -3.73. The van der Waals surface area contributed by atoms with E-state index in [2.05, 4.69) is 15.0 Å². The first-order valence-electron chi connectivity index (χ1n) is 9.10. The molecule has 1 aliphatic rings. The SMILES string of the molecule is COc1ccc(CCNC(=O)CCC2=NS(=O)(=O)c3ccccc3N2)cc1OC. The number of benzene rings is 2. The number of hydrogen-bond acceptors (Lipinski definition) is 6. The smallest absolute Gasteiger partial charge is 0.286 e. The maximum absolute atomic E-state index is 12.2. The van der Waals surface area contributed by atoms with Crippen molar-refractivity contribution in [2.24, 2.45) is 4.40 Å². The van der Waals surface area contributed by atoms with Gasteiger partial charge in [0.25, 0.3) is 10.0 Å². The van der Waals surface area contributed by atoms with Crippen molar-refractivity contribution in [2.45, 2.75) is 24.2 Å². The maximum Gasteiger partial charge on any atom is 0.286 e. The number of sulfonamides is 1. The second-order valence-electron chi connectivity index (χ2n) is 6.42. The summed E-state index contributed by atoms with van der Waals surface area (Å²) in [6.07, 6.45) is 0.970. The van der Waals surface area contributed by atoms with Crippen LogP contribution in [-0.4, -0.2) is 40.9 Å². The van der Waals surface area contributed by atoms with Gasteiger partial charge in [-0.1, -0.05) is 18.2 Å². The van der Waals surface area contributed by atoms with Crippen molar-refractivity contribution < 1.29 is 22.7 Å². The molecule has 0 radical (unpaired) electrons. The zero-order valence-electron chi connectivity index (χ0n) is 16.3. The Hall–Kier alpha value is -3.07. The fourth-order valence-corrected chi connectivity index (χ4v) is 4.15. The summed E-state index contributed by atoms with van der Waals surface area (Å²) in [5, 5.41) is 5.81. The average Bonchev–Trinajstić information content (AvgIpc) is 2.71. The Balaban J connectivity index is 1.49. The molecule has 1 aliphatic heterocycles. The van der Waals surface area contributed by atoms with Gasteiger partial charge in [0, 0.05) is 19.4 Å². The highest BCUT2D eigenvalue weighted by molar-refractivity contribution is 7.90. The van der Waals surface area contributed by atoms with Crippen LogP contribution in [0.2, 0.25) is 0 Å². The van der Waals surface area contributed by atoms with Crippen LogP contribution < -0.4 is 20.1 Å². The quantitative estimate of drug-likeness (QED) is 0.683. The molecule has 0 atom stereocenters. The zero-order valence-corrected chi connectivity index (χ0v) is 17.1. The third kappa shape index (κ3) is 5.05. The number of carbonyl (C=O) groups is 1. The van der Waals surface area contributed by atoms with Crippen molar-refractivity contribution >= 4 is 27.5 Å². The van der Waals surface area contributed by atoms with Crippen LogP contribution in [0.3, 0.4) is 0 Å². The molecule has 3 rings (SSSR count). The molecule has 0 saturated heterocycles. The van der Waals surface area contributed by atoms with Crippen LogP contribution >= 0.6 is 0 Å². The molecule has 0 saturated carbocycles. The fraction of sp³-hybridized carbons (Fsp3) is 0.300. The Labute approximate surface area is 170 Å². The number of carbonyl (C=O) groups excluding carboxylic acids is 1. The lowest BCUT2D eigenvalue weighted by molar-refractivity contribution is -0.120. The summed E-state index contributed by atoms with van der Waals surface area (Å²) in [6, 6.07) is 12.2. The lowest BCUT2D eigenvalue weighted by Gasteiger charge is -2.17. The molecule has 2 aromatic rings. The van der Waals surface area contributed by atoms with Crippen molar-refractivity contribution in [2.75, 3.05) is 26.1 Å². The molecule has 154 valence electrons. The van der Waals surface area contributed by atoms with Gasteiger partial charge in [-0.2, -0.15) is 8.42 Å². The average molecular weight is 417 g/mol. The van der Waals surface area contributed by atoms with Gasteiger partial charge in [-0.3, -0.25) is 4.79 Å². The predicted octanol–water partition coefficient (Wildman–Crippen LogP) is 2.36. The summed E-state index contributed by atoms with van der Waals surface area (Å²) in [7, 11) is -0.583. The monoisotopic (exact) mass is 417 g/mol. The summed E-state index contributed by atoms with van der Waals surface area (Å²) < 4.78 is 38.7. The van der Waals surface area contributed by atoms with Crippen molar-refractivity contribution in [1.29, 1.82) is 0 Å². The molecule has 0 spiro atoms. The van der Waals surface area contributed by atoms with E-state index in [1.54, 1.807) is 32.4 Å². The normalized spacial score (nSPS) is 14.2. The number of methoxy groups -OCH3 is 2. The molecule has 0 fully saturated rings. The summed E-state index contributed by atoms with van der Waals surface area (Å²) in [4.78, 5) is 12.3. The summed E-state index contributed by atoms with van der Waals surface area (Å²) in [5.41, 5.74) is 1.48. The van der Waals surface area contributed by atoms with Crippen molar-refractivity contribution in [3.05, 3.63) is 48.0 Å². The van der Waals surface area contributed by atoms with E-state index in [0.717, 1.165) is 5.56 Å². The molecule has 1 heterocycles. The highest BCUT2D eigenvalue weighted by Gasteiger charge is 2.24. The van der Waals surface area contributed by atoms with Crippen molar-refractivity contribution in [3.8, 4) is 11.5 Å². The van der Waals surface area contributed by atoms with E-state index in [4.69, 9.17) is 9.47 Å². The summed E-state index contributed by atoms with van der Waals surface area (Å²) in [5.74, 6) is 1.38. The van der Waals surface area contributed by atoms with Crippen LogP contribution in [0.15, 0.2) is 51.8 Å². The van der Waals surface area contributed by atoms with Crippen molar-refractivity contribution in [3.63, 3.8) is 0 Å². The van der Waals surface area contributed by atoms with Gasteiger partial charge in [0.1, 0.15) is 10.7 Å². The first-order chi connectivity index (χ1) is 13.9. The van der Waals surface area contributed by atoms with Crippen LogP contribution in [0.25, 0.3) is 0 Å². The molecular formula is C20H23N3O5S. The van der Waals surface area contributed by atoms with Crippen LogP contribution in [0.5, 0.6) is 11.5 Å². The van der Waals surface area contributed by atoms with E-state index < -0.39 is 10.0 Å². The Morgan fingerprint density at radius 1 is 1.07 bits per heavy atom. The number of para-hydroxylation sites is 1. The first-order valence-corrected chi connectivity index (χ1v) is 10.5. The van der Waals surface area contributed by atoms with E-state index in [1.807, 2.05) is 18.2 Å². The van der Waals surface area contributed by atoms with Gasteiger partial charge in [0.15, 0.2) is 11.5 Å². The molecule has 8 nitrogen and oxygen atoms in total. The molecule has 29 heavy (non-hydrogen) atoms. The molecule has 0 unspecified atom stereocenters. The van der Waals surface area contributed by atoms with E-state index in [9.17, 15) is 13.2 Å². The van der Waals surface area contributed by atoms with Crippen molar-refractivity contribution in [1.82, 2.24) is 5.32 Å². The van der Waals surface area contributed by atoms with Crippen LogP contribution in [-0.2, 0) is 21.2 Å². The molecule has 2 N–H and O–H groups in total. The number of nitrogens with zero attached hydrogens (tertiary/aromatic N) is 1. The van der Waals surface area contributed by atoms with Gasteiger partial charge in [-0.05, 0) is 36.2 Å². The van der Waals surface area contributed by atoms with Crippen LogP contribution in [0, 0.1) is 0 Å². The number of rotatable bonds is 8. The number of amides is 1.